The van der Waals surface area contributed by atoms with E-state index in [1.54, 1.807) is 6.07 Å². The number of halogens is 1. The molecule has 1 atom stereocenters. The smallest absolute Gasteiger partial charge is 0.316 e. The van der Waals surface area contributed by atoms with E-state index in [4.69, 9.17) is 21.8 Å². The summed E-state index contributed by atoms with van der Waals surface area (Å²) in [5.74, 6) is 0.786. The van der Waals surface area contributed by atoms with Crippen molar-refractivity contribution in [2.24, 2.45) is 5.73 Å². The van der Waals surface area contributed by atoms with Crippen molar-refractivity contribution >= 4 is 23.3 Å². The van der Waals surface area contributed by atoms with Crippen molar-refractivity contribution in [1.29, 1.82) is 0 Å². The van der Waals surface area contributed by atoms with E-state index in [-0.39, 0.29) is 6.04 Å². The topological polar surface area (TPSA) is 80.3 Å². The first-order valence-corrected chi connectivity index (χ1v) is 6.56. The Morgan fingerprint density at radius 1 is 1.30 bits per heavy atom. The number of furan rings is 1. The fraction of sp³-hybridized carbons (Fsp3) is 0.214. The Kier molecular flexibility index (Phi) is 4.65. The second kappa shape index (κ2) is 6.45. The van der Waals surface area contributed by atoms with E-state index >= 15 is 0 Å². The lowest BCUT2D eigenvalue weighted by atomic mass is 10.1. The molecule has 0 fully saturated rings. The van der Waals surface area contributed by atoms with Gasteiger partial charge in [0.2, 0.25) is 0 Å². The number of urea groups is 1. The Hall–Kier alpha value is -1.98. The maximum atomic E-state index is 10.7. The van der Waals surface area contributed by atoms with Gasteiger partial charge in [0, 0.05) is 11.7 Å². The van der Waals surface area contributed by atoms with Gasteiger partial charge in [0.05, 0.1) is 6.54 Å². The lowest BCUT2D eigenvalue weighted by Gasteiger charge is -2.14. The fourth-order valence-electron chi connectivity index (χ4n) is 1.82. The average Bonchev–Trinajstić information content (AvgIpc) is 2.82. The highest BCUT2D eigenvalue weighted by molar-refractivity contribution is 6.28. The van der Waals surface area contributed by atoms with Gasteiger partial charge in [0.15, 0.2) is 5.22 Å². The number of nitrogens with two attached hydrogens (primary N) is 1. The molecule has 0 saturated heterocycles. The number of primary amides is 1. The molecule has 0 aliphatic carbocycles. The first-order valence-electron chi connectivity index (χ1n) is 6.18. The van der Waals surface area contributed by atoms with Crippen molar-refractivity contribution in [2.75, 3.05) is 5.32 Å². The number of hydrogen-bond donors (Lipinski definition) is 3. The highest BCUT2D eigenvalue weighted by Crippen LogP contribution is 2.18. The molecule has 5 nitrogen and oxygen atoms in total. The van der Waals surface area contributed by atoms with E-state index < -0.39 is 6.03 Å². The van der Waals surface area contributed by atoms with Crippen LogP contribution in [-0.4, -0.2) is 6.03 Å². The summed E-state index contributed by atoms with van der Waals surface area (Å²) in [5.41, 5.74) is 6.82. The zero-order chi connectivity index (χ0) is 14.5. The van der Waals surface area contributed by atoms with Crippen molar-refractivity contribution in [3.05, 3.63) is 52.9 Å². The molecule has 106 valence electrons. The Morgan fingerprint density at radius 2 is 2.00 bits per heavy atom. The zero-order valence-electron chi connectivity index (χ0n) is 11.0. The lowest BCUT2D eigenvalue weighted by Crippen LogP contribution is -2.20. The molecule has 1 heterocycles. The molecule has 1 unspecified atom stereocenters. The van der Waals surface area contributed by atoms with Crippen molar-refractivity contribution in [3.8, 4) is 0 Å². The maximum Gasteiger partial charge on any atom is 0.316 e. The molecule has 0 spiro atoms. The number of nitrogens with one attached hydrogen (secondary N) is 2. The summed E-state index contributed by atoms with van der Waals surface area (Å²) in [6.45, 7) is 2.64. The monoisotopic (exact) mass is 293 g/mol. The van der Waals surface area contributed by atoms with Crippen molar-refractivity contribution in [3.63, 3.8) is 0 Å². The molecule has 1 aromatic carbocycles. The molecular weight excluding hydrogens is 278 g/mol. The van der Waals surface area contributed by atoms with Gasteiger partial charge >= 0.3 is 6.03 Å². The minimum Gasteiger partial charge on any atom is -0.448 e. The van der Waals surface area contributed by atoms with Crippen LogP contribution < -0.4 is 16.4 Å². The molecule has 4 N–H and O–H groups in total. The number of benzene rings is 1. The second-order valence-electron chi connectivity index (χ2n) is 4.42. The van der Waals surface area contributed by atoms with Gasteiger partial charge in [-0.15, -0.1) is 0 Å². The third-order valence-electron chi connectivity index (χ3n) is 2.89. The SMILES string of the molecule is CC(NCc1ccc(Cl)o1)c1ccc(NC(N)=O)cc1. The number of rotatable bonds is 5. The average molecular weight is 294 g/mol. The minimum atomic E-state index is -0.571. The largest absolute Gasteiger partial charge is 0.448 e. The number of carbonyl (C=O) groups excluding carboxylic acids is 1. The molecule has 0 radical (unpaired) electrons. The number of amides is 2. The van der Waals surface area contributed by atoms with E-state index in [0.29, 0.717) is 17.5 Å². The van der Waals surface area contributed by atoms with Crippen LogP contribution in [0.15, 0.2) is 40.8 Å². The highest BCUT2D eigenvalue weighted by Gasteiger charge is 2.07. The highest BCUT2D eigenvalue weighted by atomic mass is 35.5. The molecule has 2 rings (SSSR count). The van der Waals surface area contributed by atoms with Crippen LogP contribution in [0.3, 0.4) is 0 Å². The van der Waals surface area contributed by atoms with Crippen LogP contribution in [0.1, 0.15) is 24.3 Å². The van der Waals surface area contributed by atoms with Gasteiger partial charge in [-0.2, -0.15) is 0 Å². The van der Waals surface area contributed by atoms with Crippen molar-refractivity contribution < 1.29 is 9.21 Å². The van der Waals surface area contributed by atoms with Gasteiger partial charge in [0.25, 0.3) is 0 Å². The molecule has 0 saturated carbocycles. The normalized spacial score (nSPS) is 12.1. The van der Waals surface area contributed by atoms with Crippen molar-refractivity contribution in [1.82, 2.24) is 5.32 Å². The molecule has 2 aromatic rings. The first-order chi connectivity index (χ1) is 9.54. The predicted octanol–water partition coefficient (Wildman–Crippen LogP) is 3.27. The minimum absolute atomic E-state index is 0.140. The van der Waals surface area contributed by atoms with Gasteiger partial charge < -0.3 is 20.8 Å². The number of carbonyl (C=O) groups is 1. The Bertz CT molecular complexity index is 580. The summed E-state index contributed by atoms with van der Waals surface area (Å²) in [6, 6.07) is 10.6. The van der Waals surface area contributed by atoms with Crippen LogP contribution in [0.4, 0.5) is 10.5 Å². The maximum absolute atomic E-state index is 10.7. The van der Waals surface area contributed by atoms with Gasteiger partial charge in [0.1, 0.15) is 5.76 Å². The number of hydrogen-bond acceptors (Lipinski definition) is 3. The van der Waals surface area contributed by atoms with E-state index in [9.17, 15) is 4.79 Å². The van der Waals surface area contributed by atoms with Crippen LogP contribution in [0, 0.1) is 0 Å². The van der Waals surface area contributed by atoms with Crippen LogP contribution in [0.25, 0.3) is 0 Å². The molecule has 0 aliphatic rings. The van der Waals surface area contributed by atoms with Gasteiger partial charge in [-0.3, -0.25) is 0 Å². The summed E-state index contributed by atoms with van der Waals surface area (Å²) in [6.07, 6.45) is 0. The predicted molar refractivity (Wildman–Crippen MR) is 78.6 cm³/mol. The van der Waals surface area contributed by atoms with E-state index in [0.717, 1.165) is 11.3 Å². The quantitative estimate of drug-likeness (QED) is 0.791. The molecule has 1 aromatic heterocycles. The summed E-state index contributed by atoms with van der Waals surface area (Å²) < 4.78 is 5.27. The standard InChI is InChI=1S/C14H16ClN3O2/c1-9(17-8-12-6-7-13(15)20-12)10-2-4-11(5-3-10)18-14(16)19/h2-7,9,17H,8H2,1H3,(H3,16,18,19). The van der Waals surface area contributed by atoms with Gasteiger partial charge in [-0.05, 0) is 48.4 Å². The number of anilines is 1. The van der Waals surface area contributed by atoms with Crippen LogP contribution in [-0.2, 0) is 6.54 Å². The summed E-state index contributed by atoms with van der Waals surface area (Å²) in [4.78, 5) is 10.7. The van der Waals surface area contributed by atoms with E-state index in [2.05, 4.69) is 10.6 Å². The molecule has 0 bridgehead atoms. The Morgan fingerprint density at radius 3 is 2.55 bits per heavy atom. The van der Waals surface area contributed by atoms with Crippen LogP contribution >= 0.6 is 11.6 Å². The third-order valence-corrected chi connectivity index (χ3v) is 3.09. The molecule has 20 heavy (non-hydrogen) atoms. The van der Waals surface area contributed by atoms with Crippen LogP contribution in [0.5, 0.6) is 0 Å². The van der Waals surface area contributed by atoms with Gasteiger partial charge in [-0.25, -0.2) is 4.79 Å². The first kappa shape index (κ1) is 14.4. The summed E-state index contributed by atoms with van der Waals surface area (Å²) in [5, 5.41) is 6.23. The van der Waals surface area contributed by atoms with E-state index in [1.807, 2.05) is 37.3 Å². The van der Waals surface area contributed by atoms with Gasteiger partial charge in [-0.1, -0.05) is 12.1 Å². The van der Waals surface area contributed by atoms with Crippen molar-refractivity contribution in [2.45, 2.75) is 19.5 Å². The summed E-state index contributed by atoms with van der Waals surface area (Å²) in [7, 11) is 0. The Balaban J connectivity index is 1.91. The summed E-state index contributed by atoms with van der Waals surface area (Å²) >= 11 is 5.71. The third kappa shape index (κ3) is 4.01. The second-order valence-corrected chi connectivity index (χ2v) is 4.79. The zero-order valence-corrected chi connectivity index (χ0v) is 11.8. The molecule has 0 aliphatic heterocycles. The van der Waals surface area contributed by atoms with E-state index in [1.165, 1.54) is 0 Å². The molecular formula is C14H16ClN3O2. The fourth-order valence-corrected chi connectivity index (χ4v) is 1.98. The Labute approximate surface area is 122 Å². The van der Waals surface area contributed by atoms with Crippen LogP contribution in [0.2, 0.25) is 5.22 Å². The molecule has 2 amide bonds. The lowest BCUT2D eigenvalue weighted by molar-refractivity contribution is 0.259. The molecule has 6 heteroatoms.